The van der Waals surface area contributed by atoms with Crippen molar-refractivity contribution in [2.45, 2.75) is 84.5 Å². The SMILES string of the molecule is CCCCC/C=C\[C@H](/C=C\CCOC(=O)CCCCO)CCCC. The van der Waals surface area contributed by atoms with Gasteiger partial charge in [-0.15, -0.1) is 0 Å². The smallest absolute Gasteiger partial charge is 0.305 e. The van der Waals surface area contributed by atoms with Crippen molar-refractivity contribution in [3.05, 3.63) is 24.3 Å². The summed E-state index contributed by atoms with van der Waals surface area (Å²) in [4.78, 5) is 11.4. The lowest BCUT2D eigenvalue weighted by Crippen LogP contribution is -2.05. The van der Waals surface area contributed by atoms with E-state index in [2.05, 4.69) is 38.2 Å². The van der Waals surface area contributed by atoms with Crippen LogP contribution < -0.4 is 0 Å². The molecule has 0 rings (SSSR count). The standard InChI is InChI=1S/C21H38O3/c1-3-5-7-8-9-15-20(14-6-4-2)16-11-13-19-24-21(23)17-10-12-18-22/h9,11,15-16,20,22H,3-8,10,12-14,17-19H2,1-2H3/b15-9-,16-11-/t20-/m1/s1. The van der Waals surface area contributed by atoms with Crippen molar-refractivity contribution < 1.29 is 14.6 Å². The Balaban J connectivity index is 3.96. The highest BCUT2D eigenvalue weighted by molar-refractivity contribution is 5.69. The molecule has 3 nitrogen and oxygen atoms in total. The zero-order valence-corrected chi connectivity index (χ0v) is 15.8. The van der Waals surface area contributed by atoms with Gasteiger partial charge in [0, 0.05) is 13.0 Å². The Morgan fingerprint density at radius 1 is 0.958 bits per heavy atom. The van der Waals surface area contributed by atoms with E-state index in [0.717, 1.165) is 6.42 Å². The lowest BCUT2D eigenvalue weighted by Gasteiger charge is -2.07. The van der Waals surface area contributed by atoms with Crippen LogP contribution in [-0.2, 0) is 9.53 Å². The van der Waals surface area contributed by atoms with Gasteiger partial charge in [-0.05, 0) is 44.4 Å². The first-order chi connectivity index (χ1) is 11.7. The lowest BCUT2D eigenvalue weighted by atomic mass is 10.00. The summed E-state index contributed by atoms with van der Waals surface area (Å²) in [5.74, 6) is 0.349. The van der Waals surface area contributed by atoms with Crippen molar-refractivity contribution in [3.8, 4) is 0 Å². The Hall–Kier alpha value is -1.09. The van der Waals surface area contributed by atoms with Crippen LogP contribution in [0.2, 0.25) is 0 Å². The first-order valence-electron chi connectivity index (χ1n) is 9.84. The van der Waals surface area contributed by atoms with Gasteiger partial charge in [0.15, 0.2) is 0 Å². The Morgan fingerprint density at radius 2 is 1.67 bits per heavy atom. The van der Waals surface area contributed by atoms with Crippen molar-refractivity contribution in [2.24, 2.45) is 5.92 Å². The topological polar surface area (TPSA) is 46.5 Å². The second-order valence-electron chi connectivity index (χ2n) is 6.35. The molecule has 0 fully saturated rings. The van der Waals surface area contributed by atoms with Gasteiger partial charge in [0.2, 0.25) is 0 Å². The van der Waals surface area contributed by atoms with Crippen LogP contribution in [0, 0.1) is 5.92 Å². The van der Waals surface area contributed by atoms with Gasteiger partial charge < -0.3 is 9.84 Å². The van der Waals surface area contributed by atoms with Crippen LogP contribution in [0.25, 0.3) is 0 Å². The highest BCUT2D eigenvalue weighted by atomic mass is 16.5. The van der Waals surface area contributed by atoms with Crippen molar-refractivity contribution in [1.82, 2.24) is 0 Å². The van der Waals surface area contributed by atoms with Crippen LogP contribution in [0.5, 0.6) is 0 Å². The molecular weight excluding hydrogens is 300 g/mol. The summed E-state index contributed by atoms with van der Waals surface area (Å²) in [6.07, 6.45) is 20.3. The molecule has 0 aliphatic carbocycles. The zero-order valence-electron chi connectivity index (χ0n) is 15.8. The fourth-order valence-electron chi connectivity index (χ4n) is 2.44. The second-order valence-corrected chi connectivity index (χ2v) is 6.35. The van der Waals surface area contributed by atoms with E-state index in [4.69, 9.17) is 9.84 Å². The molecule has 140 valence electrons. The molecule has 1 N–H and O–H groups in total. The fraction of sp³-hybridized carbons (Fsp3) is 0.762. The predicted molar refractivity (Wildman–Crippen MR) is 102 cm³/mol. The number of aliphatic hydroxyl groups is 1. The average Bonchev–Trinajstić information content (AvgIpc) is 2.58. The molecule has 0 aliphatic heterocycles. The van der Waals surface area contributed by atoms with E-state index in [1.54, 1.807) is 0 Å². The van der Waals surface area contributed by atoms with E-state index in [9.17, 15) is 4.79 Å². The van der Waals surface area contributed by atoms with Crippen LogP contribution >= 0.6 is 0 Å². The number of unbranched alkanes of at least 4 members (excludes halogenated alkanes) is 5. The maximum atomic E-state index is 11.4. The molecule has 3 heteroatoms. The van der Waals surface area contributed by atoms with E-state index in [-0.39, 0.29) is 12.6 Å². The highest BCUT2D eigenvalue weighted by Crippen LogP contribution is 2.13. The molecule has 0 bridgehead atoms. The van der Waals surface area contributed by atoms with Crippen LogP contribution in [0.1, 0.15) is 84.5 Å². The third-order valence-corrected chi connectivity index (χ3v) is 3.97. The van der Waals surface area contributed by atoms with Gasteiger partial charge in [-0.3, -0.25) is 4.79 Å². The quantitative estimate of drug-likeness (QED) is 0.227. The van der Waals surface area contributed by atoms with Gasteiger partial charge in [0.05, 0.1) is 6.61 Å². The summed E-state index contributed by atoms with van der Waals surface area (Å²) in [7, 11) is 0. The summed E-state index contributed by atoms with van der Waals surface area (Å²) in [6.45, 7) is 5.05. The Morgan fingerprint density at radius 3 is 2.33 bits per heavy atom. The molecule has 0 aromatic heterocycles. The summed E-state index contributed by atoms with van der Waals surface area (Å²) in [5, 5.41) is 8.68. The first-order valence-corrected chi connectivity index (χ1v) is 9.84. The number of hydrogen-bond acceptors (Lipinski definition) is 3. The molecule has 0 unspecified atom stereocenters. The largest absolute Gasteiger partial charge is 0.465 e. The van der Waals surface area contributed by atoms with E-state index >= 15 is 0 Å². The normalized spacial score (nSPS) is 13.0. The number of ether oxygens (including phenoxy) is 1. The van der Waals surface area contributed by atoms with Gasteiger partial charge in [0.25, 0.3) is 0 Å². The number of carbonyl (C=O) groups excluding carboxylic acids is 1. The maximum Gasteiger partial charge on any atom is 0.305 e. The van der Waals surface area contributed by atoms with Crippen LogP contribution in [-0.4, -0.2) is 24.3 Å². The first kappa shape index (κ1) is 22.9. The van der Waals surface area contributed by atoms with Gasteiger partial charge in [0.1, 0.15) is 0 Å². The molecule has 0 aromatic rings. The monoisotopic (exact) mass is 338 g/mol. The number of allylic oxidation sites excluding steroid dienone is 3. The number of rotatable bonds is 16. The molecule has 0 spiro atoms. The van der Waals surface area contributed by atoms with Gasteiger partial charge in [-0.1, -0.05) is 63.8 Å². The van der Waals surface area contributed by atoms with Crippen LogP contribution in [0.3, 0.4) is 0 Å². The zero-order chi connectivity index (χ0) is 17.9. The van der Waals surface area contributed by atoms with Crippen LogP contribution in [0.15, 0.2) is 24.3 Å². The van der Waals surface area contributed by atoms with Gasteiger partial charge in [-0.25, -0.2) is 0 Å². The van der Waals surface area contributed by atoms with Crippen molar-refractivity contribution >= 4 is 5.97 Å². The third kappa shape index (κ3) is 15.8. The maximum absolute atomic E-state index is 11.4. The van der Waals surface area contributed by atoms with Gasteiger partial charge in [-0.2, -0.15) is 0 Å². The third-order valence-electron chi connectivity index (χ3n) is 3.97. The molecule has 0 aromatic carbocycles. The number of carbonyl (C=O) groups is 1. The van der Waals surface area contributed by atoms with E-state index in [1.807, 2.05) is 0 Å². The highest BCUT2D eigenvalue weighted by Gasteiger charge is 2.02. The molecular formula is C21H38O3. The fourth-order valence-corrected chi connectivity index (χ4v) is 2.44. The molecule has 0 saturated heterocycles. The van der Waals surface area contributed by atoms with Gasteiger partial charge >= 0.3 is 5.97 Å². The number of hydrogen-bond donors (Lipinski definition) is 1. The Labute approximate surface area is 149 Å². The summed E-state index contributed by atoms with van der Waals surface area (Å²) in [5.41, 5.74) is 0. The number of aliphatic hydroxyl groups excluding tert-OH is 1. The summed E-state index contributed by atoms with van der Waals surface area (Å²) in [6, 6.07) is 0. The second kappa shape index (κ2) is 18.3. The molecule has 0 amide bonds. The summed E-state index contributed by atoms with van der Waals surface area (Å²) < 4.78 is 5.19. The predicted octanol–water partition coefficient (Wildman–Crippen LogP) is 5.58. The molecule has 0 aliphatic rings. The molecule has 24 heavy (non-hydrogen) atoms. The molecule has 0 saturated carbocycles. The van der Waals surface area contributed by atoms with Crippen molar-refractivity contribution in [2.75, 3.05) is 13.2 Å². The number of esters is 1. The summed E-state index contributed by atoms with van der Waals surface area (Å²) >= 11 is 0. The van der Waals surface area contributed by atoms with E-state index < -0.39 is 0 Å². The van der Waals surface area contributed by atoms with Crippen LogP contribution in [0.4, 0.5) is 0 Å². The lowest BCUT2D eigenvalue weighted by molar-refractivity contribution is -0.143. The minimum atomic E-state index is -0.157. The molecule has 0 radical (unpaired) electrons. The van der Waals surface area contributed by atoms with E-state index in [1.165, 1.54) is 44.9 Å². The average molecular weight is 339 g/mol. The minimum absolute atomic E-state index is 0.140. The van der Waals surface area contributed by atoms with E-state index in [0.29, 0.717) is 31.8 Å². The minimum Gasteiger partial charge on any atom is -0.465 e. The van der Waals surface area contributed by atoms with Crippen molar-refractivity contribution in [3.63, 3.8) is 0 Å². The van der Waals surface area contributed by atoms with Crippen molar-refractivity contribution in [1.29, 1.82) is 0 Å². The molecule has 1 atom stereocenters. The molecule has 0 heterocycles. The Kier molecular flexibility index (Phi) is 17.4. The Bertz CT molecular complexity index is 334.